The van der Waals surface area contributed by atoms with Crippen molar-refractivity contribution in [1.82, 2.24) is 5.32 Å². The third-order valence-corrected chi connectivity index (χ3v) is 4.94. The van der Waals surface area contributed by atoms with Crippen molar-refractivity contribution in [3.63, 3.8) is 0 Å². The van der Waals surface area contributed by atoms with Gasteiger partial charge in [-0.25, -0.2) is 9.18 Å². The molecule has 1 amide bonds. The zero-order valence-corrected chi connectivity index (χ0v) is 16.2. The maximum Gasteiger partial charge on any atom is 0.328 e. The van der Waals surface area contributed by atoms with Crippen LogP contribution < -0.4 is 5.32 Å². The average molecular weight is 383 g/mol. The van der Waals surface area contributed by atoms with Crippen LogP contribution in [0.3, 0.4) is 0 Å². The third kappa shape index (κ3) is 5.41. The number of ether oxygens (including phenoxy) is 1. The first-order chi connectivity index (χ1) is 13.4. The highest BCUT2D eigenvalue weighted by Crippen LogP contribution is 2.47. The van der Waals surface area contributed by atoms with Gasteiger partial charge in [0.15, 0.2) is 0 Å². The quantitative estimate of drug-likeness (QED) is 0.695. The highest BCUT2D eigenvalue weighted by atomic mass is 19.1. The fourth-order valence-corrected chi connectivity index (χ4v) is 3.38. The van der Waals surface area contributed by atoms with Crippen LogP contribution in [0.4, 0.5) is 4.39 Å². The first-order valence-electron chi connectivity index (χ1n) is 9.70. The molecule has 0 heterocycles. The molecule has 0 aromatic heterocycles. The Hall–Kier alpha value is -2.69. The van der Waals surface area contributed by atoms with Crippen LogP contribution >= 0.6 is 0 Å². The lowest BCUT2D eigenvalue weighted by atomic mass is 10.0. The number of hydrogen-bond donors (Lipinski definition) is 1. The van der Waals surface area contributed by atoms with Crippen molar-refractivity contribution in [3.8, 4) is 0 Å². The Bertz CT molecular complexity index is 822. The molecule has 0 bridgehead atoms. The molecule has 1 aliphatic rings. The van der Waals surface area contributed by atoms with Gasteiger partial charge in [0.25, 0.3) is 0 Å². The van der Waals surface area contributed by atoms with E-state index in [2.05, 4.69) is 5.32 Å². The summed E-state index contributed by atoms with van der Waals surface area (Å²) in [7, 11) is 0. The molecule has 2 aromatic rings. The predicted molar refractivity (Wildman–Crippen MR) is 105 cm³/mol. The summed E-state index contributed by atoms with van der Waals surface area (Å²) in [6.45, 7) is 4.17. The zero-order chi connectivity index (χ0) is 20.1. The first kappa shape index (κ1) is 20.1. The Morgan fingerprint density at radius 3 is 2.57 bits per heavy atom. The van der Waals surface area contributed by atoms with Gasteiger partial charge in [0, 0.05) is 5.92 Å². The van der Waals surface area contributed by atoms with E-state index in [-0.39, 0.29) is 36.1 Å². The summed E-state index contributed by atoms with van der Waals surface area (Å²) in [4.78, 5) is 25.2. The Morgan fingerprint density at radius 1 is 1.14 bits per heavy atom. The van der Waals surface area contributed by atoms with Crippen molar-refractivity contribution in [2.75, 3.05) is 0 Å². The zero-order valence-electron chi connectivity index (χ0n) is 16.2. The summed E-state index contributed by atoms with van der Waals surface area (Å²) < 4.78 is 18.8. The van der Waals surface area contributed by atoms with Gasteiger partial charge in [0.1, 0.15) is 18.5 Å². The van der Waals surface area contributed by atoms with Gasteiger partial charge >= 0.3 is 5.97 Å². The van der Waals surface area contributed by atoms with E-state index in [0.29, 0.717) is 12.8 Å². The molecule has 5 heteroatoms. The predicted octanol–water partition coefficient (Wildman–Crippen LogP) is 4.20. The molecular formula is C23H26FNO3. The number of hydrogen-bond acceptors (Lipinski definition) is 3. The van der Waals surface area contributed by atoms with Crippen LogP contribution in [-0.4, -0.2) is 17.9 Å². The molecule has 1 N–H and O–H groups in total. The summed E-state index contributed by atoms with van der Waals surface area (Å²) in [6.07, 6.45) is 1.18. The average Bonchev–Trinajstić information content (AvgIpc) is 3.47. The molecule has 0 aliphatic heterocycles. The minimum atomic E-state index is -0.676. The van der Waals surface area contributed by atoms with E-state index in [1.165, 1.54) is 12.1 Å². The third-order valence-electron chi connectivity index (χ3n) is 4.94. The molecule has 4 nitrogen and oxygen atoms in total. The maximum absolute atomic E-state index is 13.4. The molecule has 3 rings (SSSR count). The molecule has 148 valence electrons. The molecule has 0 radical (unpaired) electrons. The maximum atomic E-state index is 13.4. The first-order valence-corrected chi connectivity index (χ1v) is 9.70. The van der Waals surface area contributed by atoms with Crippen molar-refractivity contribution in [2.24, 2.45) is 11.8 Å². The standard InChI is InChI=1S/C23H26FNO3/c1-15(2)11-21(23(27)28-14-16-7-4-3-5-8-16)25-22(26)20-13-19(20)17-9-6-10-18(24)12-17/h3-10,12,15,19-21H,11,13-14H2,1-2H3,(H,25,26)/t19?,20?,21-/m0/s1. The van der Waals surface area contributed by atoms with E-state index in [1.807, 2.05) is 50.2 Å². The topological polar surface area (TPSA) is 55.4 Å². The lowest BCUT2D eigenvalue weighted by Gasteiger charge is -2.19. The van der Waals surface area contributed by atoms with E-state index >= 15 is 0 Å². The Kier molecular flexibility index (Phi) is 6.45. The summed E-state index contributed by atoms with van der Waals surface area (Å²) in [6, 6.07) is 15.1. The molecule has 0 spiro atoms. The highest BCUT2D eigenvalue weighted by Gasteiger charge is 2.45. The second-order valence-electron chi connectivity index (χ2n) is 7.79. The Labute approximate surface area is 165 Å². The van der Waals surface area contributed by atoms with Crippen molar-refractivity contribution >= 4 is 11.9 Å². The van der Waals surface area contributed by atoms with Crippen LogP contribution in [0.2, 0.25) is 0 Å². The lowest BCUT2D eigenvalue weighted by Crippen LogP contribution is -2.43. The van der Waals surface area contributed by atoms with Crippen LogP contribution in [0.5, 0.6) is 0 Å². The molecule has 1 saturated carbocycles. The summed E-state index contributed by atoms with van der Waals surface area (Å²) in [5, 5.41) is 2.85. The number of carbonyl (C=O) groups excluding carboxylic acids is 2. The molecule has 3 atom stereocenters. The van der Waals surface area contributed by atoms with E-state index in [4.69, 9.17) is 4.74 Å². The Balaban J connectivity index is 1.57. The van der Waals surface area contributed by atoms with Gasteiger partial charge in [-0.15, -0.1) is 0 Å². The van der Waals surface area contributed by atoms with Gasteiger partial charge in [-0.2, -0.15) is 0 Å². The molecule has 28 heavy (non-hydrogen) atoms. The largest absolute Gasteiger partial charge is 0.459 e. The summed E-state index contributed by atoms with van der Waals surface area (Å²) >= 11 is 0. The normalized spacial score (nSPS) is 19.1. The number of amides is 1. The van der Waals surface area contributed by atoms with E-state index in [9.17, 15) is 14.0 Å². The second-order valence-corrected chi connectivity index (χ2v) is 7.79. The van der Waals surface area contributed by atoms with Gasteiger partial charge in [-0.05, 0) is 47.9 Å². The fourth-order valence-electron chi connectivity index (χ4n) is 3.38. The fraction of sp³-hybridized carbons (Fsp3) is 0.391. The monoisotopic (exact) mass is 383 g/mol. The van der Waals surface area contributed by atoms with E-state index in [0.717, 1.165) is 11.1 Å². The van der Waals surface area contributed by atoms with Crippen LogP contribution in [0.25, 0.3) is 0 Å². The molecule has 1 aliphatic carbocycles. The summed E-state index contributed by atoms with van der Waals surface area (Å²) in [5.74, 6) is -0.877. The number of benzene rings is 2. The van der Waals surface area contributed by atoms with Crippen molar-refractivity contribution in [2.45, 2.75) is 45.3 Å². The van der Waals surface area contributed by atoms with Crippen LogP contribution in [0.1, 0.15) is 43.7 Å². The van der Waals surface area contributed by atoms with Crippen molar-refractivity contribution < 1.29 is 18.7 Å². The number of esters is 1. The van der Waals surface area contributed by atoms with Gasteiger partial charge in [-0.3, -0.25) is 4.79 Å². The minimum absolute atomic E-state index is 0.00994. The second kappa shape index (κ2) is 9.00. The smallest absolute Gasteiger partial charge is 0.328 e. The highest BCUT2D eigenvalue weighted by molar-refractivity contribution is 5.88. The van der Waals surface area contributed by atoms with Crippen molar-refractivity contribution in [3.05, 3.63) is 71.5 Å². The lowest BCUT2D eigenvalue weighted by molar-refractivity contribution is -0.149. The van der Waals surface area contributed by atoms with Crippen LogP contribution in [0, 0.1) is 17.7 Å². The SMILES string of the molecule is CC(C)C[C@H](NC(=O)C1CC1c1cccc(F)c1)C(=O)OCc1ccccc1. The van der Waals surface area contributed by atoms with Crippen LogP contribution in [0.15, 0.2) is 54.6 Å². The van der Waals surface area contributed by atoms with Gasteiger partial charge in [-0.1, -0.05) is 56.3 Å². The number of nitrogens with one attached hydrogen (secondary N) is 1. The van der Waals surface area contributed by atoms with E-state index < -0.39 is 12.0 Å². The van der Waals surface area contributed by atoms with E-state index in [1.54, 1.807) is 6.07 Å². The van der Waals surface area contributed by atoms with Crippen molar-refractivity contribution in [1.29, 1.82) is 0 Å². The molecule has 0 saturated heterocycles. The van der Waals surface area contributed by atoms with Gasteiger partial charge in [0.05, 0.1) is 0 Å². The molecular weight excluding hydrogens is 357 g/mol. The molecule has 2 unspecified atom stereocenters. The molecule has 1 fully saturated rings. The number of rotatable bonds is 8. The summed E-state index contributed by atoms with van der Waals surface area (Å²) in [5.41, 5.74) is 1.73. The van der Waals surface area contributed by atoms with Gasteiger partial charge < -0.3 is 10.1 Å². The minimum Gasteiger partial charge on any atom is -0.459 e. The number of carbonyl (C=O) groups is 2. The van der Waals surface area contributed by atoms with Gasteiger partial charge in [0.2, 0.25) is 5.91 Å². The molecule has 2 aromatic carbocycles. The number of halogens is 1. The van der Waals surface area contributed by atoms with Crippen LogP contribution in [-0.2, 0) is 20.9 Å². The Morgan fingerprint density at radius 2 is 1.89 bits per heavy atom.